The van der Waals surface area contributed by atoms with Crippen molar-refractivity contribution < 1.29 is 4.65 Å². The van der Waals surface area contributed by atoms with E-state index in [0.29, 0.717) is 0 Å². The van der Waals surface area contributed by atoms with Gasteiger partial charge in [-0.1, -0.05) is 91.0 Å². The molecule has 1 unspecified atom stereocenters. The van der Waals surface area contributed by atoms with Crippen molar-refractivity contribution in [2.24, 2.45) is 0 Å². The smallest absolute Gasteiger partial charge is 0.402 e. The van der Waals surface area contributed by atoms with E-state index in [9.17, 15) is 0 Å². The van der Waals surface area contributed by atoms with Crippen molar-refractivity contribution in [2.45, 2.75) is 18.6 Å². The molecule has 1 N–H and O–H groups in total. The van der Waals surface area contributed by atoms with Gasteiger partial charge in [0, 0.05) is 6.04 Å². The third kappa shape index (κ3) is 2.46. The van der Waals surface area contributed by atoms with Crippen LogP contribution in [0.4, 0.5) is 0 Å². The molecule has 0 spiro atoms. The minimum Gasteiger partial charge on any atom is -0.402 e. The van der Waals surface area contributed by atoms with Crippen molar-refractivity contribution in [1.82, 2.24) is 5.23 Å². The monoisotopic (exact) mass is 313 g/mol. The molecule has 4 rings (SSSR count). The van der Waals surface area contributed by atoms with Crippen LogP contribution in [0.1, 0.15) is 18.1 Å². The highest BCUT2D eigenvalue weighted by molar-refractivity contribution is 6.65. The van der Waals surface area contributed by atoms with Gasteiger partial charge in [-0.15, -0.1) is 0 Å². The number of rotatable bonds is 3. The van der Waals surface area contributed by atoms with Crippen LogP contribution in [0.15, 0.2) is 91.0 Å². The molecule has 1 saturated heterocycles. The van der Waals surface area contributed by atoms with E-state index < -0.39 is 5.60 Å². The van der Waals surface area contributed by atoms with E-state index in [1.807, 2.05) is 18.2 Å². The van der Waals surface area contributed by atoms with E-state index in [-0.39, 0.29) is 13.1 Å². The molecule has 1 aliphatic rings. The molecule has 0 radical (unpaired) electrons. The van der Waals surface area contributed by atoms with Gasteiger partial charge in [0.15, 0.2) is 0 Å². The Kier molecular flexibility index (Phi) is 3.97. The maximum Gasteiger partial charge on any atom is 0.417 e. The Morgan fingerprint density at radius 1 is 0.750 bits per heavy atom. The highest BCUT2D eigenvalue weighted by Crippen LogP contribution is 2.40. The topological polar surface area (TPSA) is 21.3 Å². The average molecular weight is 313 g/mol. The van der Waals surface area contributed by atoms with Gasteiger partial charge in [0.25, 0.3) is 0 Å². The molecule has 1 atom stereocenters. The van der Waals surface area contributed by atoms with E-state index in [1.165, 1.54) is 11.1 Å². The number of hydrogen-bond donors (Lipinski definition) is 1. The molecule has 0 amide bonds. The summed E-state index contributed by atoms with van der Waals surface area (Å²) in [6, 6.07) is 31.5. The van der Waals surface area contributed by atoms with Crippen LogP contribution in [-0.2, 0) is 10.3 Å². The van der Waals surface area contributed by atoms with E-state index >= 15 is 0 Å². The Balaban J connectivity index is 1.83. The number of benzene rings is 3. The van der Waals surface area contributed by atoms with Gasteiger partial charge in [-0.05, 0) is 23.5 Å². The molecule has 2 nitrogen and oxygen atoms in total. The van der Waals surface area contributed by atoms with Gasteiger partial charge in [-0.2, -0.15) is 0 Å². The molecule has 0 aliphatic carbocycles. The highest BCUT2D eigenvalue weighted by Gasteiger charge is 2.50. The number of nitrogens with one attached hydrogen (secondary N) is 1. The summed E-state index contributed by atoms with van der Waals surface area (Å²) >= 11 is 0. The summed E-state index contributed by atoms with van der Waals surface area (Å²) in [6.45, 7) is 2.20. The fraction of sp³-hybridized carbons (Fsp3) is 0.143. The molecule has 1 fully saturated rings. The second-order valence-electron chi connectivity index (χ2n) is 6.26. The van der Waals surface area contributed by atoms with Crippen LogP contribution in [0.25, 0.3) is 0 Å². The Labute approximate surface area is 143 Å². The molecule has 0 bridgehead atoms. The summed E-state index contributed by atoms with van der Waals surface area (Å²) in [5, 5.41) is 3.64. The maximum atomic E-state index is 6.71. The average Bonchev–Trinajstić information content (AvgIpc) is 3.02. The fourth-order valence-electron chi connectivity index (χ4n) is 3.63. The van der Waals surface area contributed by atoms with Crippen molar-refractivity contribution in [2.75, 3.05) is 0 Å². The van der Waals surface area contributed by atoms with Crippen molar-refractivity contribution in [3.63, 3.8) is 0 Å². The van der Waals surface area contributed by atoms with Crippen LogP contribution in [0, 0.1) is 0 Å². The zero-order valence-corrected chi connectivity index (χ0v) is 13.7. The van der Waals surface area contributed by atoms with Crippen LogP contribution >= 0.6 is 0 Å². The summed E-state index contributed by atoms with van der Waals surface area (Å²) in [4.78, 5) is 0. The van der Waals surface area contributed by atoms with Crippen LogP contribution in [0.2, 0.25) is 0 Å². The lowest BCUT2D eigenvalue weighted by molar-refractivity contribution is 0.121. The summed E-state index contributed by atoms with van der Waals surface area (Å²) in [6.07, 6.45) is 0. The molecule has 3 heteroatoms. The Morgan fingerprint density at radius 2 is 1.21 bits per heavy atom. The van der Waals surface area contributed by atoms with Gasteiger partial charge in [0.2, 0.25) is 0 Å². The van der Waals surface area contributed by atoms with Crippen molar-refractivity contribution in [1.29, 1.82) is 0 Å². The lowest BCUT2D eigenvalue weighted by atomic mass is 9.74. The van der Waals surface area contributed by atoms with Crippen LogP contribution < -0.4 is 10.7 Å². The molecule has 3 aromatic carbocycles. The predicted molar refractivity (Wildman–Crippen MR) is 99.2 cm³/mol. The van der Waals surface area contributed by atoms with Crippen molar-refractivity contribution in [3.8, 4) is 0 Å². The highest BCUT2D eigenvalue weighted by atomic mass is 16.5. The summed E-state index contributed by atoms with van der Waals surface area (Å²) in [5.74, 6) is 0. The first-order chi connectivity index (χ1) is 11.8. The third-order valence-corrected chi connectivity index (χ3v) is 4.82. The van der Waals surface area contributed by atoms with E-state index in [4.69, 9.17) is 4.65 Å². The van der Waals surface area contributed by atoms with Gasteiger partial charge >= 0.3 is 7.05 Å². The first-order valence-corrected chi connectivity index (χ1v) is 8.40. The maximum absolute atomic E-state index is 6.71. The fourth-order valence-corrected chi connectivity index (χ4v) is 3.63. The van der Waals surface area contributed by atoms with Crippen LogP contribution in [-0.4, -0.2) is 13.1 Å². The lowest BCUT2D eigenvalue weighted by Gasteiger charge is -2.34. The Bertz CT molecular complexity index is 752. The van der Waals surface area contributed by atoms with Gasteiger partial charge in [0.05, 0.1) is 0 Å². The SMILES string of the molecule is CC1NB(c2ccccc2)OC1(c1ccccc1)c1ccccc1. The zero-order chi connectivity index (χ0) is 16.4. The molecule has 1 aliphatic heterocycles. The molecule has 1 heterocycles. The van der Waals surface area contributed by atoms with Gasteiger partial charge in [-0.3, -0.25) is 0 Å². The van der Waals surface area contributed by atoms with E-state index in [1.54, 1.807) is 0 Å². The molecule has 0 aromatic heterocycles. The van der Waals surface area contributed by atoms with Crippen molar-refractivity contribution in [3.05, 3.63) is 102 Å². The summed E-state index contributed by atoms with van der Waals surface area (Å²) in [5.41, 5.74) is 3.01. The second kappa shape index (κ2) is 6.27. The molecule has 118 valence electrons. The van der Waals surface area contributed by atoms with Crippen LogP contribution in [0.5, 0.6) is 0 Å². The first kappa shape index (κ1) is 15.2. The van der Waals surface area contributed by atoms with Gasteiger partial charge in [-0.25, -0.2) is 0 Å². The standard InChI is InChI=1S/C21H20BNO/c1-17-21(18-11-5-2-6-12-18,19-13-7-3-8-14-19)24-22(23-17)20-15-9-4-10-16-20/h2-17,23H,1H3. The zero-order valence-electron chi connectivity index (χ0n) is 13.7. The van der Waals surface area contributed by atoms with E-state index in [0.717, 1.165) is 5.46 Å². The molecule has 24 heavy (non-hydrogen) atoms. The van der Waals surface area contributed by atoms with Crippen molar-refractivity contribution >= 4 is 12.5 Å². The Hall–Kier alpha value is -2.36. The predicted octanol–water partition coefficient (Wildman–Crippen LogP) is 3.33. The van der Waals surface area contributed by atoms with Crippen LogP contribution in [0.3, 0.4) is 0 Å². The minimum absolute atomic E-state index is 0.124. The first-order valence-electron chi connectivity index (χ1n) is 8.40. The van der Waals surface area contributed by atoms with Gasteiger partial charge < -0.3 is 9.88 Å². The normalized spacial score (nSPS) is 19.4. The Morgan fingerprint density at radius 3 is 1.71 bits per heavy atom. The number of hydrogen-bond acceptors (Lipinski definition) is 2. The lowest BCUT2D eigenvalue weighted by Crippen LogP contribution is -2.43. The van der Waals surface area contributed by atoms with Gasteiger partial charge in [0.1, 0.15) is 5.60 Å². The summed E-state index contributed by atoms with van der Waals surface area (Å²) < 4.78 is 6.71. The minimum atomic E-state index is -0.497. The van der Waals surface area contributed by atoms with E-state index in [2.05, 4.69) is 84.9 Å². The molecular formula is C21H20BNO. The molecular weight excluding hydrogens is 293 g/mol. The molecule has 3 aromatic rings. The third-order valence-electron chi connectivity index (χ3n) is 4.82. The molecule has 0 saturated carbocycles. The largest absolute Gasteiger partial charge is 0.417 e. The quantitative estimate of drug-likeness (QED) is 0.749. The second-order valence-corrected chi connectivity index (χ2v) is 6.26. The summed E-state index contributed by atoms with van der Waals surface area (Å²) in [7, 11) is -0.124.